The third kappa shape index (κ3) is 6.94. The third-order valence-corrected chi connectivity index (χ3v) is 6.37. The minimum absolute atomic E-state index is 0.0420. The SMILES string of the molecule is O=C(Nc1ccc(Oc2ccc3ncc(CN4CCNCC4)nc3c2)cc1)Nc1ccc(Cl)c(C(F)(F)F)c1. The number of benzene rings is 3. The summed E-state index contributed by atoms with van der Waals surface area (Å²) in [5.74, 6) is 1.11. The maximum atomic E-state index is 13.1. The lowest BCUT2D eigenvalue weighted by Crippen LogP contribution is -2.43. The summed E-state index contributed by atoms with van der Waals surface area (Å²) >= 11 is 5.62. The Labute approximate surface area is 227 Å². The van der Waals surface area contributed by atoms with E-state index in [1.54, 1.807) is 36.5 Å². The van der Waals surface area contributed by atoms with E-state index in [0.717, 1.165) is 61.6 Å². The van der Waals surface area contributed by atoms with Gasteiger partial charge in [0.25, 0.3) is 0 Å². The van der Waals surface area contributed by atoms with Crippen molar-refractivity contribution < 1.29 is 22.7 Å². The number of hydrogen-bond acceptors (Lipinski definition) is 6. The van der Waals surface area contributed by atoms with Crippen LogP contribution in [-0.2, 0) is 12.7 Å². The van der Waals surface area contributed by atoms with Crippen LogP contribution in [0.1, 0.15) is 11.3 Å². The Bertz CT molecular complexity index is 1480. The molecule has 1 saturated heterocycles. The molecule has 3 N–H and O–H groups in total. The first kappa shape index (κ1) is 26.7. The zero-order chi connectivity index (χ0) is 27.4. The van der Waals surface area contributed by atoms with Crippen LogP contribution in [0.3, 0.4) is 0 Å². The predicted molar refractivity (Wildman–Crippen MR) is 143 cm³/mol. The number of halogens is 4. The lowest BCUT2D eigenvalue weighted by Gasteiger charge is -2.26. The van der Waals surface area contributed by atoms with E-state index in [2.05, 4.69) is 25.8 Å². The summed E-state index contributed by atoms with van der Waals surface area (Å²) in [7, 11) is 0. The molecule has 5 rings (SSSR count). The van der Waals surface area contributed by atoms with Gasteiger partial charge in [-0.3, -0.25) is 9.88 Å². The van der Waals surface area contributed by atoms with E-state index in [1.807, 2.05) is 12.1 Å². The smallest absolute Gasteiger partial charge is 0.417 e. The number of rotatable bonds is 6. The number of carbonyl (C=O) groups is 1. The number of aromatic nitrogens is 2. The Hall–Kier alpha value is -3.93. The van der Waals surface area contributed by atoms with Gasteiger partial charge in [-0.05, 0) is 54.6 Å². The Morgan fingerprint density at radius 3 is 2.38 bits per heavy atom. The molecule has 1 aromatic heterocycles. The van der Waals surface area contributed by atoms with Crippen LogP contribution in [0.15, 0.2) is 66.9 Å². The molecule has 12 heteroatoms. The molecule has 2 heterocycles. The molecule has 1 fully saturated rings. The first-order valence-corrected chi connectivity index (χ1v) is 12.5. The van der Waals surface area contributed by atoms with Crippen LogP contribution < -0.4 is 20.7 Å². The van der Waals surface area contributed by atoms with Crippen LogP contribution in [0, 0.1) is 0 Å². The van der Waals surface area contributed by atoms with E-state index in [1.165, 1.54) is 6.07 Å². The number of piperazine rings is 1. The molecule has 0 unspecified atom stereocenters. The Morgan fingerprint density at radius 1 is 0.949 bits per heavy atom. The Morgan fingerprint density at radius 2 is 1.64 bits per heavy atom. The Balaban J connectivity index is 1.20. The normalized spacial score (nSPS) is 14.3. The van der Waals surface area contributed by atoms with Crippen molar-refractivity contribution in [1.29, 1.82) is 0 Å². The second kappa shape index (κ2) is 11.4. The summed E-state index contributed by atoms with van der Waals surface area (Å²) in [4.78, 5) is 23.9. The largest absolute Gasteiger partial charge is 0.457 e. The maximum Gasteiger partial charge on any atom is 0.417 e. The summed E-state index contributed by atoms with van der Waals surface area (Å²) in [6, 6.07) is 14.5. The minimum Gasteiger partial charge on any atom is -0.457 e. The number of carbonyl (C=O) groups excluding carboxylic acids is 1. The van der Waals surface area contributed by atoms with Gasteiger partial charge in [0.15, 0.2) is 0 Å². The second-order valence-corrected chi connectivity index (χ2v) is 9.34. The van der Waals surface area contributed by atoms with Crippen molar-refractivity contribution in [2.75, 3.05) is 36.8 Å². The number of nitrogens with zero attached hydrogens (tertiary/aromatic N) is 3. The quantitative estimate of drug-likeness (QED) is 0.264. The molecule has 0 radical (unpaired) electrons. The third-order valence-electron chi connectivity index (χ3n) is 6.04. The zero-order valence-electron chi connectivity index (χ0n) is 20.6. The van der Waals surface area contributed by atoms with Gasteiger partial charge in [0.05, 0.1) is 33.5 Å². The number of nitrogens with one attached hydrogen (secondary N) is 3. The van der Waals surface area contributed by atoms with Crippen molar-refractivity contribution in [3.05, 3.63) is 83.1 Å². The van der Waals surface area contributed by atoms with E-state index in [4.69, 9.17) is 21.3 Å². The first-order valence-electron chi connectivity index (χ1n) is 12.1. The van der Waals surface area contributed by atoms with Crippen LogP contribution in [0.25, 0.3) is 11.0 Å². The lowest BCUT2D eigenvalue weighted by molar-refractivity contribution is -0.137. The van der Waals surface area contributed by atoms with E-state index in [9.17, 15) is 18.0 Å². The summed E-state index contributed by atoms with van der Waals surface area (Å²) in [6.07, 6.45) is -2.83. The van der Waals surface area contributed by atoms with Crippen LogP contribution in [0.2, 0.25) is 5.02 Å². The summed E-state index contributed by atoms with van der Waals surface area (Å²) < 4.78 is 45.1. The highest BCUT2D eigenvalue weighted by molar-refractivity contribution is 6.31. The van der Waals surface area contributed by atoms with E-state index in [-0.39, 0.29) is 5.69 Å². The molecule has 202 valence electrons. The molecule has 39 heavy (non-hydrogen) atoms. The monoisotopic (exact) mass is 556 g/mol. The van der Waals surface area contributed by atoms with Crippen molar-refractivity contribution in [1.82, 2.24) is 20.2 Å². The average molecular weight is 557 g/mol. The number of fused-ring (bicyclic) bond motifs is 1. The number of ether oxygens (including phenoxy) is 1. The molecule has 2 amide bonds. The molecular weight excluding hydrogens is 533 g/mol. The number of hydrogen-bond donors (Lipinski definition) is 3. The van der Waals surface area contributed by atoms with Gasteiger partial charge in [-0.25, -0.2) is 9.78 Å². The van der Waals surface area contributed by atoms with Crippen LogP contribution >= 0.6 is 11.6 Å². The van der Waals surface area contributed by atoms with Gasteiger partial charge in [-0.2, -0.15) is 13.2 Å². The molecule has 3 aromatic carbocycles. The van der Waals surface area contributed by atoms with Gasteiger partial charge in [0.2, 0.25) is 0 Å². The van der Waals surface area contributed by atoms with Gasteiger partial charge in [-0.1, -0.05) is 11.6 Å². The highest BCUT2D eigenvalue weighted by Gasteiger charge is 2.33. The Kier molecular flexibility index (Phi) is 7.82. The summed E-state index contributed by atoms with van der Waals surface area (Å²) in [5.41, 5.74) is 1.74. The van der Waals surface area contributed by atoms with Gasteiger partial charge >= 0.3 is 12.2 Å². The van der Waals surface area contributed by atoms with Crippen LogP contribution in [0.4, 0.5) is 29.3 Å². The molecule has 1 aliphatic heterocycles. The fraction of sp³-hybridized carbons (Fsp3) is 0.222. The molecule has 0 saturated carbocycles. The average Bonchev–Trinajstić information content (AvgIpc) is 2.91. The molecule has 8 nitrogen and oxygen atoms in total. The van der Waals surface area contributed by atoms with Gasteiger partial charge in [0, 0.05) is 50.2 Å². The van der Waals surface area contributed by atoms with Crippen molar-refractivity contribution in [3.8, 4) is 11.5 Å². The van der Waals surface area contributed by atoms with E-state index < -0.39 is 22.8 Å². The predicted octanol–water partition coefficient (Wildman–Crippen LogP) is 6.14. The highest BCUT2D eigenvalue weighted by atomic mass is 35.5. The van der Waals surface area contributed by atoms with Crippen molar-refractivity contribution in [2.45, 2.75) is 12.7 Å². The fourth-order valence-electron chi connectivity index (χ4n) is 4.12. The lowest BCUT2D eigenvalue weighted by atomic mass is 10.2. The molecular formula is C27H24ClF3N6O2. The van der Waals surface area contributed by atoms with Crippen LogP contribution in [-0.4, -0.2) is 47.1 Å². The molecule has 0 atom stereocenters. The topological polar surface area (TPSA) is 91.4 Å². The maximum absolute atomic E-state index is 13.1. The van der Waals surface area contributed by atoms with Gasteiger partial charge in [-0.15, -0.1) is 0 Å². The zero-order valence-corrected chi connectivity index (χ0v) is 21.3. The van der Waals surface area contributed by atoms with Crippen LogP contribution in [0.5, 0.6) is 11.5 Å². The summed E-state index contributed by atoms with van der Waals surface area (Å²) in [6.45, 7) is 4.59. The number of amides is 2. The fourth-order valence-corrected chi connectivity index (χ4v) is 4.35. The first-order chi connectivity index (χ1) is 18.7. The number of alkyl halides is 3. The minimum atomic E-state index is -4.63. The molecule has 0 bridgehead atoms. The van der Waals surface area contributed by atoms with Crippen molar-refractivity contribution in [2.24, 2.45) is 0 Å². The molecule has 0 aliphatic carbocycles. The number of anilines is 2. The van der Waals surface area contributed by atoms with Gasteiger partial charge in [0.1, 0.15) is 11.5 Å². The molecule has 1 aliphatic rings. The van der Waals surface area contributed by atoms with Crippen molar-refractivity contribution in [3.63, 3.8) is 0 Å². The summed E-state index contributed by atoms with van der Waals surface area (Å²) in [5, 5.41) is 7.83. The van der Waals surface area contributed by atoms with E-state index >= 15 is 0 Å². The van der Waals surface area contributed by atoms with Crippen molar-refractivity contribution >= 4 is 40.0 Å². The van der Waals surface area contributed by atoms with Gasteiger partial charge < -0.3 is 20.7 Å². The standard InChI is InChI=1S/C27H24ClF3N6O2/c28-23-7-3-18(13-22(23)27(29,30)31)36-26(38)35-17-1-4-20(5-2-17)39-21-6-8-24-25(14-21)34-19(15-33-24)16-37-11-9-32-10-12-37/h1-8,13-15,32H,9-12,16H2,(H2,35,36,38). The second-order valence-electron chi connectivity index (χ2n) is 8.94. The number of urea groups is 1. The molecule has 0 spiro atoms. The highest BCUT2D eigenvalue weighted by Crippen LogP contribution is 2.36. The molecule has 4 aromatic rings. The van der Waals surface area contributed by atoms with E-state index in [0.29, 0.717) is 17.2 Å².